The Morgan fingerprint density at radius 2 is 1.73 bits per heavy atom. The lowest BCUT2D eigenvalue weighted by Gasteiger charge is -2.30. The van der Waals surface area contributed by atoms with Crippen molar-refractivity contribution in [3.63, 3.8) is 0 Å². The average molecular weight is 378 g/mol. The Balaban J connectivity index is 1.66. The van der Waals surface area contributed by atoms with Crippen LogP contribution in [-0.4, -0.2) is 28.3 Å². The highest BCUT2D eigenvalue weighted by molar-refractivity contribution is 7.92. The van der Waals surface area contributed by atoms with Gasteiger partial charge in [-0.1, -0.05) is 0 Å². The zero-order valence-corrected chi connectivity index (χ0v) is 14.9. The number of benzene rings is 2. The summed E-state index contributed by atoms with van der Waals surface area (Å²) in [6.45, 7) is 1.71. The summed E-state index contributed by atoms with van der Waals surface area (Å²) in [6.07, 6.45) is 3.22. The molecule has 2 aliphatic rings. The Bertz CT molecular complexity index is 927. The van der Waals surface area contributed by atoms with Gasteiger partial charge in [0.05, 0.1) is 16.3 Å². The number of nitrogens with one attached hydrogen (secondary N) is 1. The number of hydrogen-bond acceptors (Lipinski definition) is 5. The molecule has 1 saturated heterocycles. The van der Waals surface area contributed by atoms with Crippen LogP contribution in [0, 0.1) is 5.82 Å². The Kier molecular flexibility index (Phi) is 4.36. The van der Waals surface area contributed by atoms with E-state index in [2.05, 4.69) is 9.62 Å². The van der Waals surface area contributed by atoms with Gasteiger partial charge in [-0.25, -0.2) is 12.8 Å². The van der Waals surface area contributed by atoms with Crippen molar-refractivity contribution in [2.45, 2.75) is 24.2 Å². The summed E-state index contributed by atoms with van der Waals surface area (Å²) in [5.74, 6) is 0.390. The van der Waals surface area contributed by atoms with E-state index < -0.39 is 15.8 Å². The summed E-state index contributed by atoms with van der Waals surface area (Å²) in [5, 5.41) is 0. The molecule has 0 saturated carbocycles. The Labute approximate surface area is 151 Å². The summed E-state index contributed by atoms with van der Waals surface area (Å²) >= 11 is 0. The van der Waals surface area contributed by atoms with Gasteiger partial charge < -0.3 is 14.4 Å². The molecule has 2 aliphatic heterocycles. The summed E-state index contributed by atoms with van der Waals surface area (Å²) in [7, 11) is -3.89. The highest BCUT2D eigenvalue weighted by Gasteiger charge is 2.23. The fourth-order valence-corrected chi connectivity index (χ4v) is 4.33. The van der Waals surface area contributed by atoms with Crippen molar-refractivity contribution in [3.05, 3.63) is 42.2 Å². The van der Waals surface area contributed by atoms with Crippen LogP contribution >= 0.6 is 0 Å². The highest BCUT2D eigenvalue weighted by atomic mass is 32.2. The minimum absolute atomic E-state index is 0.0376. The predicted octanol–water partition coefficient (Wildman–Crippen LogP) is 3.35. The lowest BCUT2D eigenvalue weighted by Crippen LogP contribution is -2.30. The molecule has 1 fully saturated rings. The molecule has 2 aromatic carbocycles. The molecule has 0 atom stereocenters. The van der Waals surface area contributed by atoms with E-state index in [1.165, 1.54) is 24.3 Å². The third-order valence-corrected chi connectivity index (χ3v) is 5.92. The van der Waals surface area contributed by atoms with Gasteiger partial charge in [0, 0.05) is 25.2 Å². The van der Waals surface area contributed by atoms with E-state index >= 15 is 0 Å². The first kappa shape index (κ1) is 17.0. The third kappa shape index (κ3) is 3.29. The monoisotopic (exact) mass is 378 g/mol. The van der Waals surface area contributed by atoms with Crippen LogP contribution in [0.1, 0.15) is 19.3 Å². The first-order chi connectivity index (χ1) is 12.5. The molecular formula is C18H19FN2O4S. The first-order valence-electron chi connectivity index (χ1n) is 8.50. The van der Waals surface area contributed by atoms with Crippen LogP contribution < -0.4 is 19.1 Å². The average Bonchev–Trinajstić information content (AvgIpc) is 3.10. The molecule has 8 heteroatoms. The molecule has 0 amide bonds. The number of sulfonamides is 1. The van der Waals surface area contributed by atoms with Gasteiger partial charge >= 0.3 is 0 Å². The summed E-state index contributed by atoms with van der Waals surface area (Å²) in [6, 6.07) is 8.59. The van der Waals surface area contributed by atoms with E-state index in [4.69, 9.17) is 9.47 Å². The first-order valence-corrected chi connectivity index (χ1v) is 9.98. The number of nitrogens with zero attached hydrogens (tertiary/aromatic N) is 1. The maximum atomic E-state index is 13.8. The van der Waals surface area contributed by atoms with Gasteiger partial charge in [-0.3, -0.25) is 4.72 Å². The largest absolute Gasteiger partial charge is 0.454 e. The second kappa shape index (κ2) is 6.68. The summed E-state index contributed by atoms with van der Waals surface area (Å²) in [5.41, 5.74) is 0.931. The molecule has 4 rings (SSSR count). The van der Waals surface area contributed by atoms with Crippen LogP contribution in [0.3, 0.4) is 0 Å². The normalized spacial score (nSPS) is 16.6. The standard InChI is InChI=1S/C18H19FN2O4S/c19-13-4-6-16(21-8-2-1-3-9-21)15(10-13)20-26(22,23)14-5-7-17-18(11-14)25-12-24-17/h4-7,10-11,20H,1-3,8-9,12H2. The number of anilines is 2. The van der Waals surface area contributed by atoms with Crippen LogP contribution in [0.2, 0.25) is 0 Å². The van der Waals surface area contributed by atoms with E-state index in [0.717, 1.165) is 32.4 Å². The Morgan fingerprint density at radius 3 is 2.54 bits per heavy atom. The number of ether oxygens (including phenoxy) is 2. The summed E-state index contributed by atoms with van der Waals surface area (Å²) < 4.78 is 52.4. The fraction of sp³-hybridized carbons (Fsp3) is 0.333. The summed E-state index contributed by atoms with van der Waals surface area (Å²) in [4.78, 5) is 2.12. The lowest BCUT2D eigenvalue weighted by molar-refractivity contribution is 0.174. The van der Waals surface area contributed by atoms with Crippen molar-refractivity contribution < 1.29 is 22.3 Å². The van der Waals surface area contributed by atoms with Gasteiger partial charge in [0.2, 0.25) is 6.79 Å². The van der Waals surface area contributed by atoms with Gasteiger partial charge in [-0.15, -0.1) is 0 Å². The molecule has 0 aliphatic carbocycles. The van der Waals surface area contributed by atoms with Gasteiger partial charge in [0.15, 0.2) is 11.5 Å². The van der Waals surface area contributed by atoms with Gasteiger partial charge in [0.1, 0.15) is 5.82 Å². The van der Waals surface area contributed by atoms with Crippen molar-refractivity contribution in [2.75, 3.05) is 29.5 Å². The zero-order chi connectivity index (χ0) is 18.1. The van der Waals surface area contributed by atoms with E-state index in [9.17, 15) is 12.8 Å². The molecule has 2 heterocycles. The zero-order valence-electron chi connectivity index (χ0n) is 14.1. The lowest BCUT2D eigenvalue weighted by atomic mass is 10.1. The molecule has 138 valence electrons. The van der Waals surface area contributed by atoms with Crippen molar-refractivity contribution >= 4 is 21.4 Å². The van der Waals surface area contributed by atoms with Crippen molar-refractivity contribution in [1.82, 2.24) is 0 Å². The van der Waals surface area contributed by atoms with Crippen molar-refractivity contribution in [3.8, 4) is 11.5 Å². The maximum absolute atomic E-state index is 13.8. The smallest absolute Gasteiger partial charge is 0.262 e. The van der Waals surface area contributed by atoms with E-state index in [1.807, 2.05) is 0 Å². The van der Waals surface area contributed by atoms with Gasteiger partial charge in [0.25, 0.3) is 10.0 Å². The number of halogens is 1. The van der Waals surface area contributed by atoms with Crippen LogP contribution in [0.15, 0.2) is 41.3 Å². The SMILES string of the molecule is O=S(=O)(Nc1cc(F)ccc1N1CCCCC1)c1ccc2c(c1)OCO2. The van der Waals surface area contributed by atoms with Crippen LogP contribution in [-0.2, 0) is 10.0 Å². The third-order valence-electron chi connectivity index (χ3n) is 4.55. The molecule has 0 unspecified atom stereocenters. The molecule has 1 N–H and O–H groups in total. The number of rotatable bonds is 4. The minimum atomic E-state index is -3.89. The molecule has 0 radical (unpaired) electrons. The quantitative estimate of drug-likeness (QED) is 0.884. The Morgan fingerprint density at radius 1 is 0.962 bits per heavy atom. The second-order valence-corrected chi connectivity index (χ2v) is 8.01. The Hall–Kier alpha value is -2.48. The van der Waals surface area contributed by atoms with Crippen molar-refractivity contribution in [1.29, 1.82) is 0 Å². The van der Waals surface area contributed by atoms with Gasteiger partial charge in [-0.2, -0.15) is 0 Å². The van der Waals surface area contributed by atoms with E-state index in [1.54, 1.807) is 12.1 Å². The molecule has 0 bridgehead atoms. The topological polar surface area (TPSA) is 67.9 Å². The molecular weight excluding hydrogens is 359 g/mol. The van der Waals surface area contributed by atoms with Crippen LogP contribution in [0.25, 0.3) is 0 Å². The fourth-order valence-electron chi connectivity index (χ4n) is 3.25. The van der Waals surface area contributed by atoms with E-state index in [0.29, 0.717) is 17.2 Å². The highest BCUT2D eigenvalue weighted by Crippen LogP contribution is 2.35. The van der Waals surface area contributed by atoms with Crippen molar-refractivity contribution in [2.24, 2.45) is 0 Å². The molecule has 0 aromatic heterocycles. The molecule has 26 heavy (non-hydrogen) atoms. The predicted molar refractivity (Wildman–Crippen MR) is 95.8 cm³/mol. The number of fused-ring (bicyclic) bond motifs is 1. The number of hydrogen-bond donors (Lipinski definition) is 1. The molecule has 2 aromatic rings. The van der Waals surface area contributed by atoms with Crippen LogP contribution in [0.5, 0.6) is 11.5 Å². The molecule has 6 nitrogen and oxygen atoms in total. The second-order valence-electron chi connectivity index (χ2n) is 6.33. The van der Waals surface area contributed by atoms with Gasteiger partial charge in [-0.05, 0) is 43.5 Å². The van der Waals surface area contributed by atoms with E-state index in [-0.39, 0.29) is 17.4 Å². The number of piperidine rings is 1. The van der Waals surface area contributed by atoms with Crippen LogP contribution in [0.4, 0.5) is 15.8 Å². The maximum Gasteiger partial charge on any atom is 0.262 e. The minimum Gasteiger partial charge on any atom is -0.454 e. The molecule has 0 spiro atoms.